The molecule has 3 aromatic rings. The van der Waals surface area contributed by atoms with Gasteiger partial charge in [0, 0.05) is 30.3 Å². The number of halogens is 1. The molecule has 0 saturated carbocycles. The second-order valence-electron chi connectivity index (χ2n) is 6.49. The lowest BCUT2D eigenvalue weighted by Gasteiger charge is -2.07. The second kappa shape index (κ2) is 10.1. The molecule has 8 nitrogen and oxygen atoms in total. The Labute approximate surface area is 177 Å². The summed E-state index contributed by atoms with van der Waals surface area (Å²) in [7, 11) is 1.51. The fourth-order valence-electron chi connectivity index (χ4n) is 2.68. The van der Waals surface area contributed by atoms with Crippen molar-refractivity contribution in [2.45, 2.75) is 12.8 Å². The van der Waals surface area contributed by atoms with Gasteiger partial charge in [-0.25, -0.2) is 9.37 Å². The summed E-state index contributed by atoms with van der Waals surface area (Å²) in [5, 5.41) is 5.06. The summed E-state index contributed by atoms with van der Waals surface area (Å²) >= 11 is 0. The fourth-order valence-corrected chi connectivity index (χ4v) is 2.68. The van der Waals surface area contributed by atoms with Gasteiger partial charge in [-0.05, 0) is 42.5 Å². The second-order valence-corrected chi connectivity index (χ2v) is 6.49. The molecule has 0 spiro atoms. The lowest BCUT2D eigenvalue weighted by molar-refractivity contribution is -0.147. The minimum absolute atomic E-state index is 0.0250. The first-order chi connectivity index (χ1) is 14.9. The highest BCUT2D eigenvalue weighted by molar-refractivity contribution is 5.97. The normalized spacial score (nSPS) is 10.4. The molecule has 0 aliphatic heterocycles. The number of carbonyl (C=O) groups excluding carboxylic acids is 3. The number of hydrogen-bond acceptors (Lipinski definition) is 6. The van der Waals surface area contributed by atoms with E-state index in [1.807, 2.05) is 0 Å². The molecule has 0 radical (unpaired) electrons. The first kappa shape index (κ1) is 21.7. The molecule has 160 valence electrons. The number of anilines is 1. The smallest absolute Gasteiger partial charge is 0.306 e. The number of ether oxygens (including phenoxy) is 1. The van der Waals surface area contributed by atoms with Crippen molar-refractivity contribution in [2.75, 3.05) is 19.0 Å². The Morgan fingerprint density at radius 2 is 1.90 bits per heavy atom. The first-order valence-corrected chi connectivity index (χ1v) is 9.43. The van der Waals surface area contributed by atoms with Crippen molar-refractivity contribution in [3.63, 3.8) is 0 Å². The summed E-state index contributed by atoms with van der Waals surface area (Å²) in [6.07, 6.45) is 1.66. The van der Waals surface area contributed by atoms with E-state index in [2.05, 4.69) is 15.6 Å². The molecule has 0 atom stereocenters. The monoisotopic (exact) mass is 425 g/mol. The standard InChI is InChI=1S/C22H20FN3O5/c1-24-22(29)15-3-2-4-17(11-15)26-19(27)13-30-21(28)10-9-20-25-12-18(31-20)14-5-7-16(23)8-6-14/h2-8,11-12H,9-10,13H2,1H3,(H,24,29)(H,26,27). The number of aryl methyl sites for hydroxylation is 1. The quantitative estimate of drug-likeness (QED) is 0.537. The van der Waals surface area contributed by atoms with Crippen molar-refractivity contribution in [1.29, 1.82) is 0 Å². The maximum absolute atomic E-state index is 13.0. The number of esters is 1. The average Bonchev–Trinajstić information content (AvgIpc) is 3.25. The molecule has 3 rings (SSSR count). The van der Waals surface area contributed by atoms with E-state index in [0.717, 1.165) is 0 Å². The number of nitrogens with zero attached hydrogens (tertiary/aromatic N) is 1. The molecule has 0 saturated heterocycles. The Kier molecular flexibility index (Phi) is 7.10. The number of benzene rings is 2. The number of hydrogen-bond donors (Lipinski definition) is 2. The molecule has 0 bridgehead atoms. The van der Waals surface area contributed by atoms with Crippen LogP contribution < -0.4 is 10.6 Å². The highest BCUT2D eigenvalue weighted by Gasteiger charge is 2.12. The van der Waals surface area contributed by atoms with E-state index in [-0.39, 0.29) is 24.6 Å². The van der Waals surface area contributed by atoms with Crippen LogP contribution in [0.4, 0.5) is 10.1 Å². The van der Waals surface area contributed by atoms with Crippen LogP contribution in [-0.2, 0) is 20.7 Å². The maximum atomic E-state index is 13.0. The molecule has 9 heteroatoms. The minimum Gasteiger partial charge on any atom is -0.456 e. The van der Waals surface area contributed by atoms with Gasteiger partial charge in [-0.3, -0.25) is 14.4 Å². The largest absolute Gasteiger partial charge is 0.456 e. The molecule has 31 heavy (non-hydrogen) atoms. The fraction of sp³-hybridized carbons (Fsp3) is 0.182. The van der Waals surface area contributed by atoms with Crippen molar-refractivity contribution in [1.82, 2.24) is 10.3 Å². The summed E-state index contributed by atoms with van der Waals surface area (Å²) < 4.78 is 23.5. The van der Waals surface area contributed by atoms with Gasteiger partial charge in [0.15, 0.2) is 18.3 Å². The Morgan fingerprint density at radius 3 is 2.65 bits per heavy atom. The Balaban J connectivity index is 1.44. The van der Waals surface area contributed by atoms with Gasteiger partial charge in [0.25, 0.3) is 11.8 Å². The number of carbonyl (C=O) groups is 3. The molecule has 0 aliphatic carbocycles. The minimum atomic E-state index is -0.587. The van der Waals surface area contributed by atoms with Crippen molar-refractivity contribution >= 4 is 23.5 Å². The van der Waals surface area contributed by atoms with Crippen molar-refractivity contribution in [3.8, 4) is 11.3 Å². The van der Waals surface area contributed by atoms with Crippen LogP contribution in [0, 0.1) is 5.82 Å². The van der Waals surface area contributed by atoms with Crippen LogP contribution in [0.1, 0.15) is 22.7 Å². The van der Waals surface area contributed by atoms with Crippen LogP contribution in [0.25, 0.3) is 11.3 Å². The number of amides is 2. The molecule has 2 amide bonds. The van der Waals surface area contributed by atoms with E-state index < -0.39 is 18.5 Å². The predicted molar refractivity (Wildman–Crippen MR) is 110 cm³/mol. The van der Waals surface area contributed by atoms with Crippen LogP contribution in [0.15, 0.2) is 59.1 Å². The summed E-state index contributed by atoms with van der Waals surface area (Å²) in [5.41, 5.74) is 1.47. The van der Waals surface area contributed by atoms with E-state index in [0.29, 0.717) is 28.5 Å². The molecular weight excluding hydrogens is 405 g/mol. The highest BCUT2D eigenvalue weighted by Crippen LogP contribution is 2.21. The average molecular weight is 425 g/mol. The molecule has 0 unspecified atom stereocenters. The van der Waals surface area contributed by atoms with Gasteiger partial charge in [-0.1, -0.05) is 6.07 Å². The Hall–Kier alpha value is -4.01. The molecule has 0 aliphatic rings. The first-order valence-electron chi connectivity index (χ1n) is 9.43. The van der Waals surface area contributed by atoms with Gasteiger partial charge in [-0.2, -0.15) is 0 Å². The highest BCUT2D eigenvalue weighted by atomic mass is 19.1. The molecule has 0 fully saturated rings. The third-order valence-corrected chi connectivity index (χ3v) is 4.23. The lowest BCUT2D eigenvalue weighted by atomic mass is 10.2. The summed E-state index contributed by atoms with van der Waals surface area (Å²) in [5.74, 6) is -0.965. The SMILES string of the molecule is CNC(=O)c1cccc(NC(=O)COC(=O)CCc2ncc(-c3ccc(F)cc3)o2)c1. The van der Waals surface area contributed by atoms with Crippen LogP contribution in [0.2, 0.25) is 0 Å². The van der Waals surface area contributed by atoms with Gasteiger partial charge in [0.1, 0.15) is 5.82 Å². The molecule has 2 N–H and O–H groups in total. The number of nitrogens with one attached hydrogen (secondary N) is 2. The van der Waals surface area contributed by atoms with Gasteiger partial charge >= 0.3 is 5.97 Å². The van der Waals surface area contributed by atoms with E-state index >= 15 is 0 Å². The predicted octanol–water partition coefficient (Wildman–Crippen LogP) is 2.95. The zero-order chi connectivity index (χ0) is 22.2. The molecular formula is C22H20FN3O5. The number of oxazole rings is 1. The van der Waals surface area contributed by atoms with Crippen molar-refractivity contribution in [2.24, 2.45) is 0 Å². The molecule has 1 aromatic heterocycles. The van der Waals surface area contributed by atoms with E-state index in [1.54, 1.807) is 30.3 Å². The summed E-state index contributed by atoms with van der Waals surface area (Å²) in [4.78, 5) is 39.6. The van der Waals surface area contributed by atoms with Crippen LogP contribution in [0.5, 0.6) is 0 Å². The zero-order valence-electron chi connectivity index (χ0n) is 16.7. The summed E-state index contributed by atoms with van der Waals surface area (Å²) in [6.45, 7) is -0.463. The van der Waals surface area contributed by atoms with Crippen molar-refractivity contribution in [3.05, 3.63) is 72.0 Å². The number of aromatic nitrogens is 1. The zero-order valence-corrected chi connectivity index (χ0v) is 16.7. The van der Waals surface area contributed by atoms with Gasteiger partial charge < -0.3 is 19.8 Å². The van der Waals surface area contributed by atoms with Crippen LogP contribution in [0.3, 0.4) is 0 Å². The topological polar surface area (TPSA) is 111 Å². The van der Waals surface area contributed by atoms with E-state index in [9.17, 15) is 18.8 Å². The van der Waals surface area contributed by atoms with Crippen LogP contribution in [-0.4, -0.2) is 36.4 Å². The van der Waals surface area contributed by atoms with Crippen molar-refractivity contribution < 1.29 is 27.9 Å². The summed E-state index contributed by atoms with van der Waals surface area (Å²) in [6, 6.07) is 12.1. The molecule has 1 heterocycles. The van der Waals surface area contributed by atoms with Gasteiger partial charge in [0.05, 0.1) is 12.6 Å². The van der Waals surface area contributed by atoms with Crippen LogP contribution >= 0.6 is 0 Å². The van der Waals surface area contributed by atoms with Gasteiger partial charge in [-0.15, -0.1) is 0 Å². The molecule has 2 aromatic carbocycles. The Bertz CT molecular complexity index is 1080. The number of rotatable bonds is 8. The van der Waals surface area contributed by atoms with E-state index in [1.165, 1.54) is 31.4 Å². The lowest BCUT2D eigenvalue weighted by Crippen LogP contribution is -2.22. The van der Waals surface area contributed by atoms with E-state index in [4.69, 9.17) is 9.15 Å². The Morgan fingerprint density at radius 1 is 1.13 bits per heavy atom. The maximum Gasteiger partial charge on any atom is 0.306 e. The third-order valence-electron chi connectivity index (χ3n) is 4.23. The third kappa shape index (κ3) is 6.23. The van der Waals surface area contributed by atoms with Gasteiger partial charge in [0.2, 0.25) is 0 Å².